The van der Waals surface area contributed by atoms with Crippen molar-refractivity contribution in [2.24, 2.45) is 0 Å². The lowest BCUT2D eigenvalue weighted by Crippen LogP contribution is -2.40. The fourth-order valence-corrected chi connectivity index (χ4v) is 3.16. The van der Waals surface area contributed by atoms with Crippen LogP contribution in [-0.4, -0.2) is 25.7 Å². The van der Waals surface area contributed by atoms with Crippen LogP contribution in [0.1, 0.15) is 51.1 Å². The molecule has 0 aromatic heterocycles. The molecule has 1 aliphatic heterocycles. The molecular weight excluding hydrogens is 248 g/mol. The summed E-state index contributed by atoms with van der Waals surface area (Å²) in [6.07, 6.45) is 5.21. The van der Waals surface area contributed by atoms with Crippen molar-refractivity contribution in [2.45, 2.75) is 57.7 Å². The van der Waals surface area contributed by atoms with Crippen LogP contribution in [0, 0.1) is 0 Å². The van der Waals surface area contributed by atoms with Gasteiger partial charge in [0.25, 0.3) is 0 Å². The Morgan fingerprint density at radius 2 is 2.10 bits per heavy atom. The molecule has 0 radical (unpaired) electrons. The number of methoxy groups -OCH3 is 1. The molecule has 2 N–H and O–H groups in total. The number of para-hydroxylation sites is 1. The van der Waals surface area contributed by atoms with E-state index in [9.17, 15) is 0 Å². The van der Waals surface area contributed by atoms with Gasteiger partial charge in [-0.3, -0.25) is 0 Å². The predicted octanol–water partition coefficient (Wildman–Crippen LogP) is 3.27. The van der Waals surface area contributed by atoms with E-state index in [0.29, 0.717) is 18.1 Å². The van der Waals surface area contributed by atoms with Gasteiger partial charge in [-0.15, -0.1) is 0 Å². The molecule has 1 aromatic rings. The van der Waals surface area contributed by atoms with Crippen molar-refractivity contribution in [2.75, 3.05) is 13.7 Å². The highest BCUT2D eigenvalue weighted by Crippen LogP contribution is 2.25. The smallest absolute Gasteiger partial charge is 0.123 e. The number of rotatable bonds is 6. The lowest BCUT2D eigenvalue weighted by atomic mass is 9.98. The summed E-state index contributed by atoms with van der Waals surface area (Å²) in [6.45, 7) is 5.67. The summed E-state index contributed by atoms with van der Waals surface area (Å²) in [5, 5.41) is 7.32. The summed E-state index contributed by atoms with van der Waals surface area (Å²) in [4.78, 5) is 0. The second-order valence-corrected chi connectivity index (χ2v) is 5.91. The number of hydrogen-bond donors (Lipinski definition) is 2. The summed E-state index contributed by atoms with van der Waals surface area (Å²) < 4.78 is 5.45. The lowest BCUT2D eigenvalue weighted by Gasteiger charge is -2.28. The molecule has 1 aromatic carbocycles. The molecule has 3 heteroatoms. The van der Waals surface area contributed by atoms with Gasteiger partial charge in [0, 0.05) is 23.7 Å². The fraction of sp³-hybridized carbons (Fsp3) is 0.647. The third kappa shape index (κ3) is 4.22. The number of nitrogens with one attached hydrogen (secondary N) is 2. The van der Waals surface area contributed by atoms with Gasteiger partial charge in [0.15, 0.2) is 0 Å². The first-order chi connectivity index (χ1) is 9.70. The Morgan fingerprint density at radius 1 is 1.30 bits per heavy atom. The van der Waals surface area contributed by atoms with Gasteiger partial charge in [0.2, 0.25) is 0 Å². The first-order valence-electron chi connectivity index (χ1n) is 7.83. The molecule has 3 atom stereocenters. The molecule has 20 heavy (non-hydrogen) atoms. The van der Waals surface area contributed by atoms with E-state index < -0.39 is 0 Å². The van der Waals surface area contributed by atoms with Crippen LogP contribution >= 0.6 is 0 Å². The van der Waals surface area contributed by atoms with Crippen LogP contribution in [-0.2, 0) is 0 Å². The molecule has 0 spiro atoms. The van der Waals surface area contributed by atoms with Gasteiger partial charge >= 0.3 is 0 Å². The minimum atomic E-state index is 0.310. The number of ether oxygens (including phenoxy) is 1. The van der Waals surface area contributed by atoms with Gasteiger partial charge in [0.1, 0.15) is 5.75 Å². The standard InChI is InChI=1S/C17H28N2O/c1-13(12-15-8-6-7-11-18-15)19-14(2)16-9-4-5-10-17(16)20-3/h4-5,9-10,13-15,18-19H,6-8,11-12H2,1-3H3/t13?,14-,15?/m0/s1. The van der Waals surface area contributed by atoms with Crippen LogP contribution in [0.5, 0.6) is 5.75 Å². The molecule has 112 valence electrons. The van der Waals surface area contributed by atoms with Gasteiger partial charge in [-0.1, -0.05) is 24.6 Å². The van der Waals surface area contributed by atoms with Crippen molar-refractivity contribution in [1.82, 2.24) is 10.6 Å². The zero-order valence-electron chi connectivity index (χ0n) is 13.0. The van der Waals surface area contributed by atoms with Crippen LogP contribution in [0.3, 0.4) is 0 Å². The Hall–Kier alpha value is -1.06. The third-order valence-corrected chi connectivity index (χ3v) is 4.19. The summed E-state index contributed by atoms with van der Waals surface area (Å²) in [5.74, 6) is 0.968. The molecule has 1 fully saturated rings. The average molecular weight is 276 g/mol. The van der Waals surface area contributed by atoms with Crippen molar-refractivity contribution in [3.63, 3.8) is 0 Å². The zero-order chi connectivity index (χ0) is 14.4. The Morgan fingerprint density at radius 3 is 2.80 bits per heavy atom. The minimum absolute atomic E-state index is 0.310. The zero-order valence-corrected chi connectivity index (χ0v) is 13.0. The van der Waals surface area contributed by atoms with E-state index >= 15 is 0 Å². The maximum atomic E-state index is 5.45. The Balaban J connectivity index is 1.87. The maximum absolute atomic E-state index is 5.45. The monoisotopic (exact) mass is 276 g/mol. The highest BCUT2D eigenvalue weighted by atomic mass is 16.5. The van der Waals surface area contributed by atoms with Gasteiger partial charge in [-0.25, -0.2) is 0 Å². The van der Waals surface area contributed by atoms with E-state index in [4.69, 9.17) is 4.74 Å². The molecule has 2 unspecified atom stereocenters. The largest absolute Gasteiger partial charge is 0.496 e. The van der Waals surface area contributed by atoms with Crippen LogP contribution in [0.4, 0.5) is 0 Å². The van der Waals surface area contributed by atoms with E-state index in [1.165, 1.54) is 37.8 Å². The van der Waals surface area contributed by atoms with Crippen molar-refractivity contribution < 1.29 is 4.74 Å². The van der Waals surface area contributed by atoms with E-state index in [-0.39, 0.29) is 0 Å². The first-order valence-corrected chi connectivity index (χ1v) is 7.83. The number of piperidine rings is 1. The summed E-state index contributed by atoms with van der Waals surface area (Å²) >= 11 is 0. The molecule has 1 aliphatic rings. The normalized spacial score (nSPS) is 22.2. The Labute approximate surface area is 123 Å². The summed E-state index contributed by atoms with van der Waals surface area (Å²) in [6, 6.07) is 9.75. The second kappa shape index (κ2) is 7.65. The molecule has 1 saturated heterocycles. The highest BCUT2D eigenvalue weighted by Gasteiger charge is 2.18. The van der Waals surface area contributed by atoms with E-state index in [1.54, 1.807) is 7.11 Å². The number of benzene rings is 1. The quantitative estimate of drug-likeness (QED) is 0.836. The SMILES string of the molecule is COc1ccccc1[C@H](C)NC(C)CC1CCCCN1. The van der Waals surface area contributed by atoms with Gasteiger partial charge in [0.05, 0.1) is 7.11 Å². The van der Waals surface area contributed by atoms with Crippen molar-refractivity contribution in [1.29, 1.82) is 0 Å². The van der Waals surface area contributed by atoms with Crippen LogP contribution in [0.15, 0.2) is 24.3 Å². The first kappa shape index (κ1) is 15.3. The van der Waals surface area contributed by atoms with Crippen LogP contribution in [0.25, 0.3) is 0 Å². The molecule has 2 rings (SSSR count). The predicted molar refractivity (Wildman–Crippen MR) is 84.3 cm³/mol. The third-order valence-electron chi connectivity index (χ3n) is 4.19. The van der Waals surface area contributed by atoms with Crippen molar-refractivity contribution in [3.8, 4) is 5.75 Å². The lowest BCUT2D eigenvalue weighted by molar-refractivity contribution is 0.331. The van der Waals surface area contributed by atoms with Crippen LogP contribution < -0.4 is 15.4 Å². The Bertz CT molecular complexity index is 402. The minimum Gasteiger partial charge on any atom is -0.496 e. The molecule has 0 aliphatic carbocycles. The van der Waals surface area contributed by atoms with Gasteiger partial charge < -0.3 is 15.4 Å². The van der Waals surface area contributed by atoms with Crippen LogP contribution in [0.2, 0.25) is 0 Å². The Kier molecular flexibility index (Phi) is 5.86. The number of hydrogen-bond acceptors (Lipinski definition) is 3. The maximum Gasteiger partial charge on any atom is 0.123 e. The van der Waals surface area contributed by atoms with E-state index in [0.717, 1.165) is 5.75 Å². The second-order valence-electron chi connectivity index (χ2n) is 5.91. The van der Waals surface area contributed by atoms with E-state index in [1.807, 2.05) is 12.1 Å². The average Bonchev–Trinajstić information content (AvgIpc) is 2.48. The molecule has 3 nitrogen and oxygen atoms in total. The van der Waals surface area contributed by atoms with E-state index in [2.05, 4.69) is 36.6 Å². The summed E-state index contributed by atoms with van der Waals surface area (Å²) in [5.41, 5.74) is 1.23. The summed E-state index contributed by atoms with van der Waals surface area (Å²) in [7, 11) is 1.74. The molecular formula is C17H28N2O. The highest BCUT2D eigenvalue weighted by molar-refractivity contribution is 5.35. The van der Waals surface area contributed by atoms with Gasteiger partial charge in [-0.05, 0) is 45.7 Å². The molecule has 0 saturated carbocycles. The molecule has 0 bridgehead atoms. The molecule has 0 amide bonds. The van der Waals surface area contributed by atoms with Gasteiger partial charge in [-0.2, -0.15) is 0 Å². The van der Waals surface area contributed by atoms with Crippen molar-refractivity contribution >= 4 is 0 Å². The fourth-order valence-electron chi connectivity index (χ4n) is 3.16. The molecule has 1 heterocycles. The van der Waals surface area contributed by atoms with Crippen molar-refractivity contribution in [3.05, 3.63) is 29.8 Å². The topological polar surface area (TPSA) is 33.3 Å².